The van der Waals surface area contributed by atoms with E-state index in [9.17, 15) is 9.59 Å². The largest absolute Gasteiger partial charge is 0.489 e. The van der Waals surface area contributed by atoms with Crippen molar-refractivity contribution in [3.8, 4) is 17.0 Å². The third kappa shape index (κ3) is 11.8. The Labute approximate surface area is 304 Å². The van der Waals surface area contributed by atoms with Gasteiger partial charge in [0.25, 0.3) is 5.91 Å². The molecule has 3 aliphatic heterocycles. The van der Waals surface area contributed by atoms with Gasteiger partial charge in [-0.3, -0.25) is 9.69 Å². The maximum atomic E-state index is 13.7. The minimum Gasteiger partial charge on any atom is -0.489 e. The van der Waals surface area contributed by atoms with E-state index in [0.29, 0.717) is 42.5 Å². The maximum Gasteiger partial charge on any atom is 0.410 e. The molecular formula is C36H49N7O7S. The number of anilines is 2. The van der Waals surface area contributed by atoms with Crippen molar-refractivity contribution in [3.63, 3.8) is 0 Å². The van der Waals surface area contributed by atoms with E-state index in [0.717, 1.165) is 56.4 Å². The molecule has 0 aliphatic carbocycles. The summed E-state index contributed by atoms with van der Waals surface area (Å²) < 4.78 is 31.3. The average Bonchev–Trinajstić information content (AvgIpc) is 3.10. The lowest BCUT2D eigenvalue weighted by Gasteiger charge is -2.29. The SMILES string of the molecule is CN(Cc1cccc2c1OCCOCCOCCN(CCN1CCOCC1)Sc1ccc(cc1)-c1cnc(N)c(n1)C(=O)N2)C(=O)OC(C)(C)C. The molecule has 0 saturated carbocycles. The highest BCUT2D eigenvalue weighted by Crippen LogP contribution is 2.32. The highest BCUT2D eigenvalue weighted by Gasteiger charge is 2.23. The number of aromatic nitrogens is 2. The molecule has 2 aromatic carbocycles. The molecule has 0 unspecified atom stereocenters. The highest BCUT2D eigenvalue weighted by atomic mass is 32.2. The molecule has 3 N–H and O–H groups in total. The predicted octanol–water partition coefficient (Wildman–Crippen LogP) is 4.41. The first kappa shape index (κ1) is 38.2. The smallest absolute Gasteiger partial charge is 0.410 e. The van der Waals surface area contributed by atoms with Crippen molar-refractivity contribution in [2.24, 2.45) is 0 Å². The van der Waals surface area contributed by atoms with Crippen LogP contribution in [-0.4, -0.2) is 128 Å². The Morgan fingerprint density at radius 2 is 1.65 bits per heavy atom. The zero-order chi connectivity index (χ0) is 36.2. The van der Waals surface area contributed by atoms with Gasteiger partial charge in [0.1, 0.15) is 18.0 Å². The second-order valence-electron chi connectivity index (χ2n) is 13.1. The zero-order valence-corrected chi connectivity index (χ0v) is 30.7. The van der Waals surface area contributed by atoms with Crippen LogP contribution in [0.4, 0.5) is 16.3 Å². The Morgan fingerprint density at radius 1 is 0.961 bits per heavy atom. The molecule has 0 spiro atoms. The highest BCUT2D eigenvalue weighted by molar-refractivity contribution is 7.97. The van der Waals surface area contributed by atoms with Gasteiger partial charge in [-0.25, -0.2) is 19.1 Å². The van der Waals surface area contributed by atoms with Crippen LogP contribution >= 0.6 is 11.9 Å². The number of amides is 2. The average molecular weight is 724 g/mol. The molecule has 1 aromatic heterocycles. The monoisotopic (exact) mass is 723 g/mol. The molecule has 14 nitrogen and oxygen atoms in total. The van der Waals surface area contributed by atoms with Crippen LogP contribution in [0.15, 0.2) is 53.6 Å². The van der Waals surface area contributed by atoms with Gasteiger partial charge in [-0.15, -0.1) is 0 Å². The van der Waals surface area contributed by atoms with Crippen molar-refractivity contribution < 1.29 is 33.3 Å². The van der Waals surface area contributed by atoms with Crippen molar-refractivity contribution in [1.82, 2.24) is 24.1 Å². The first-order chi connectivity index (χ1) is 24.6. The first-order valence-electron chi connectivity index (χ1n) is 17.2. The number of fused-ring (bicyclic) bond motifs is 13. The second kappa shape index (κ2) is 18.5. The molecule has 51 heavy (non-hydrogen) atoms. The number of carbonyl (C=O) groups is 2. The van der Waals surface area contributed by atoms with Gasteiger partial charge in [-0.1, -0.05) is 24.3 Å². The van der Waals surface area contributed by atoms with Crippen molar-refractivity contribution in [1.29, 1.82) is 0 Å². The number of morpholine rings is 1. The summed E-state index contributed by atoms with van der Waals surface area (Å²) in [4.78, 5) is 40.3. The van der Waals surface area contributed by atoms with E-state index in [2.05, 4.69) is 24.5 Å². The molecule has 2 amide bonds. The molecule has 15 heteroatoms. The van der Waals surface area contributed by atoms with Gasteiger partial charge < -0.3 is 39.6 Å². The number of nitrogens with two attached hydrogens (primary N) is 1. The summed E-state index contributed by atoms with van der Waals surface area (Å²) in [6, 6.07) is 13.3. The molecule has 4 bridgehead atoms. The molecule has 1 saturated heterocycles. The summed E-state index contributed by atoms with van der Waals surface area (Å²) in [5.74, 6) is -0.174. The van der Waals surface area contributed by atoms with E-state index < -0.39 is 17.6 Å². The van der Waals surface area contributed by atoms with E-state index in [1.165, 1.54) is 4.90 Å². The van der Waals surface area contributed by atoms with E-state index in [1.54, 1.807) is 37.3 Å². The summed E-state index contributed by atoms with van der Waals surface area (Å²) in [7, 11) is 1.64. The minimum atomic E-state index is -0.655. The summed E-state index contributed by atoms with van der Waals surface area (Å²) in [5.41, 5.74) is 7.84. The summed E-state index contributed by atoms with van der Waals surface area (Å²) in [5, 5.41) is 2.90. The van der Waals surface area contributed by atoms with Crippen molar-refractivity contribution >= 4 is 35.5 Å². The van der Waals surface area contributed by atoms with Crippen LogP contribution < -0.4 is 15.8 Å². The fourth-order valence-corrected chi connectivity index (χ4v) is 6.23. The molecule has 0 radical (unpaired) electrons. The third-order valence-electron chi connectivity index (χ3n) is 7.96. The number of hydrogen-bond acceptors (Lipinski definition) is 13. The third-order valence-corrected chi connectivity index (χ3v) is 9.06. The van der Waals surface area contributed by atoms with Gasteiger partial charge in [0.05, 0.1) is 63.8 Å². The van der Waals surface area contributed by atoms with E-state index in [4.69, 9.17) is 29.4 Å². The first-order valence-corrected chi connectivity index (χ1v) is 17.9. The van der Waals surface area contributed by atoms with Crippen LogP contribution in [0.1, 0.15) is 36.8 Å². The van der Waals surface area contributed by atoms with Gasteiger partial charge in [-0.05, 0) is 50.9 Å². The Hall–Kier alpha value is -3.99. The topological polar surface area (TPSA) is 154 Å². The number of nitrogens with zero attached hydrogens (tertiary/aromatic N) is 5. The quantitative estimate of drug-likeness (QED) is 0.283. The number of rotatable bonds is 5. The molecule has 276 valence electrons. The predicted molar refractivity (Wildman–Crippen MR) is 196 cm³/mol. The Kier molecular flexibility index (Phi) is 13.9. The van der Waals surface area contributed by atoms with Crippen LogP contribution in [0.3, 0.4) is 0 Å². The molecule has 3 aromatic rings. The van der Waals surface area contributed by atoms with E-state index >= 15 is 0 Å². The number of benzene rings is 2. The number of nitrogen functional groups attached to an aromatic ring is 1. The lowest BCUT2D eigenvalue weighted by molar-refractivity contribution is 0.0273. The zero-order valence-electron chi connectivity index (χ0n) is 29.9. The van der Waals surface area contributed by atoms with Crippen LogP contribution in [-0.2, 0) is 25.5 Å². The minimum absolute atomic E-state index is 0.00677. The Balaban J connectivity index is 1.37. The number of para-hydroxylation sites is 1. The standard InChI is InChI=1S/C36H49N7O7S/c1-36(2,3)50-35(45)41(4)25-27-6-5-7-29-32(27)49-23-22-48-21-20-47-19-16-43(13-12-42-14-17-46-18-15-42)51-28-10-8-26(9-11-28)30-24-38-33(37)31(39-30)34(44)40-29/h5-11,24H,12-23,25H2,1-4H3,(H2,37,38)(H,40,44). The van der Waals surface area contributed by atoms with Crippen molar-refractivity contribution in [3.05, 3.63) is 59.9 Å². The van der Waals surface area contributed by atoms with Crippen molar-refractivity contribution in [2.75, 3.05) is 97.1 Å². The fourth-order valence-electron chi connectivity index (χ4n) is 5.33. The molecule has 3 aliphatic rings. The number of hydrogen-bond donors (Lipinski definition) is 2. The van der Waals surface area contributed by atoms with Crippen LogP contribution in [0.2, 0.25) is 0 Å². The molecular weight excluding hydrogens is 675 g/mol. The second-order valence-corrected chi connectivity index (χ2v) is 14.3. The summed E-state index contributed by atoms with van der Waals surface area (Å²) in [6.45, 7) is 13.4. The summed E-state index contributed by atoms with van der Waals surface area (Å²) in [6.07, 6.45) is 1.07. The van der Waals surface area contributed by atoms with Gasteiger partial charge >= 0.3 is 6.09 Å². The normalized spacial score (nSPS) is 17.3. The maximum absolute atomic E-state index is 13.7. The number of ether oxygens (including phenoxy) is 5. The van der Waals surface area contributed by atoms with Gasteiger partial charge in [0.15, 0.2) is 11.5 Å². The lowest BCUT2D eigenvalue weighted by atomic mass is 10.1. The van der Waals surface area contributed by atoms with E-state index in [-0.39, 0.29) is 31.3 Å². The van der Waals surface area contributed by atoms with Crippen molar-refractivity contribution in [2.45, 2.75) is 37.8 Å². The Bertz CT molecular complexity index is 1600. The molecule has 0 atom stereocenters. The molecule has 6 rings (SSSR count). The van der Waals surface area contributed by atoms with Crippen LogP contribution in [0, 0.1) is 0 Å². The lowest BCUT2D eigenvalue weighted by Crippen LogP contribution is -2.40. The van der Waals surface area contributed by atoms with Crippen LogP contribution in [0.25, 0.3) is 11.3 Å². The van der Waals surface area contributed by atoms with Gasteiger partial charge in [0, 0.05) is 55.8 Å². The van der Waals surface area contributed by atoms with E-state index in [1.807, 2.05) is 51.1 Å². The van der Waals surface area contributed by atoms with Gasteiger partial charge in [0.2, 0.25) is 0 Å². The summed E-state index contributed by atoms with van der Waals surface area (Å²) >= 11 is 1.68. The fraction of sp³-hybridized carbons (Fsp3) is 0.500. The number of carbonyl (C=O) groups excluding carboxylic acids is 2. The Morgan fingerprint density at radius 3 is 2.39 bits per heavy atom. The molecule has 4 heterocycles. The number of nitrogens with one attached hydrogen (secondary N) is 1. The molecule has 1 fully saturated rings. The van der Waals surface area contributed by atoms with Crippen LogP contribution in [0.5, 0.6) is 5.75 Å². The van der Waals surface area contributed by atoms with Gasteiger partial charge in [-0.2, -0.15) is 0 Å².